The van der Waals surface area contributed by atoms with Gasteiger partial charge >= 0.3 is 0 Å². The molecule has 1 aromatic carbocycles. The maximum absolute atomic E-state index is 11.2. The molecule has 0 unspecified atom stereocenters. The molecule has 1 aromatic heterocycles. The van der Waals surface area contributed by atoms with Gasteiger partial charge in [0.05, 0.1) is 23.6 Å². The average Bonchev–Trinajstić information content (AvgIpc) is 2.79. The third-order valence-electron chi connectivity index (χ3n) is 2.62. The van der Waals surface area contributed by atoms with E-state index in [9.17, 15) is 4.79 Å². The molecule has 0 aliphatic carbocycles. The van der Waals surface area contributed by atoms with Crippen LogP contribution in [0.15, 0.2) is 30.6 Å². The SMILES string of the molecule is CCCn1cc(Oc2cccc(C(N)=O)c2N)cn1. The number of amides is 1. The van der Waals surface area contributed by atoms with Crippen molar-refractivity contribution in [3.63, 3.8) is 0 Å². The number of rotatable bonds is 5. The van der Waals surface area contributed by atoms with Gasteiger partial charge in [-0.05, 0) is 18.6 Å². The van der Waals surface area contributed by atoms with E-state index in [1.807, 2.05) is 0 Å². The molecule has 0 aliphatic heterocycles. The van der Waals surface area contributed by atoms with Crippen molar-refractivity contribution in [2.75, 3.05) is 5.73 Å². The van der Waals surface area contributed by atoms with E-state index in [0.29, 0.717) is 11.5 Å². The number of nitrogens with two attached hydrogens (primary N) is 2. The first-order valence-electron chi connectivity index (χ1n) is 6.00. The van der Waals surface area contributed by atoms with Crippen LogP contribution in [0, 0.1) is 0 Å². The molecule has 0 fully saturated rings. The van der Waals surface area contributed by atoms with Crippen molar-refractivity contribution in [3.8, 4) is 11.5 Å². The van der Waals surface area contributed by atoms with Gasteiger partial charge in [0.1, 0.15) is 0 Å². The normalized spacial score (nSPS) is 10.4. The Morgan fingerprint density at radius 3 is 2.95 bits per heavy atom. The van der Waals surface area contributed by atoms with Crippen LogP contribution < -0.4 is 16.2 Å². The third-order valence-corrected chi connectivity index (χ3v) is 2.62. The van der Waals surface area contributed by atoms with E-state index in [2.05, 4.69) is 12.0 Å². The van der Waals surface area contributed by atoms with E-state index >= 15 is 0 Å². The number of para-hydroxylation sites is 1. The van der Waals surface area contributed by atoms with Crippen LogP contribution in [0.5, 0.6) is 11.5 Å². The molecule has 0 bridgehead atoms. The summed E-state index contributed by atoms with van der Waals surface area (Å²) >= 11 is 0. The summed E-state index contributed by atoms with van der Waals surface area (Å²) < 4.78 is 7.39. The quantitative estimate of drug-likeness (QED) is 0.800. The number of hydrogen-bond donors (Lipinski definition) is 2. The molecule has 2 rings (SSSR count). The van der Waals surface area contributed by atoms with Crippen molar-refractivity contribution in [1.29, 1.82) is 0 Å². The number of ether oxygens (including phenoxy) is 1. The molecular formula is C13H16N4O2. The summed E-state index contributed by atoms with van der Waals surface area (Å²) in [7, 11) is 0. The molecule has 1 amide bonds. The molecule has 6 nitrogen and oxygen atoms in total. The smallest absolute Gasteiger partial charge is 0.250 e. The molecule has 0 aliphatic rings. The highest BCUT2D eigenvalue weighted by atomic mass is 16.5. The first-order chi connectivity index (χ1) is 9.11. The Hall–Kier alpha value is -2.50. The summed E-state index contributed by atoms with van der Waals surface area (Å²) in [5, 5.41) is 4.15. The second kappa shape index (κ2) is 5.43. The second-order valence-electron chi connectivity index (χ2n) is 4.12. The molecular weight excluding hydrogens is 244 g/mol. The number of aromatic nitrogens is 2. The van der Waals surface area contributed by atoms with Crippen LogP contribution in [0.3, 0.4) is 0 Å². The van der Waals surface area contributed by atoms with Gasteiger partial charge in [-0.25, -0.2) is 0 Å². The first-order valence-corrected chi connectivity index (χ1v) is 6.00. The Balaban J connectivity index is 2.23. The minimum Gasteiger partial charge on any atom is -0.452 e. The monoisotopic (exact) mass is 260 g/mol. The minimum atomic E-state index is -0.579. The summed E-state index contributed by atoms with van der Waals surface area (Å²) in [6.07, 6.45) is 4.37. The minimum absolute atomic E-state index is 0.234. The molecule has 0 atom stereocenters. The van der Waals surface area contributed by atoms with Gasteiger partial charge in [0, 0.05) is 6.54 Å². The Morgan fingerprint density at radius 2 is 2.26 bits per heavy atom. The fourth-order valence-electron chi connectivity index (χ4n) is 1.72. The average molecular weight is 260 g/mol. The maximum atomic E-state index is 11.2. The molecule has 2 aromatic rings. The van der Waals surface area contributed by atoms with E-state index in [1.165, 1.54) is 0 Å². The van der Waals surface area contributed by atoms with E-state index in [0.717, 1.165) is 13.0 Å². The number of nitrogen functional groups attached to an aromatic ring is 1. The van der Waals surface area contributed by atoms with Gasteiger partial charge in [-0.3, -0.25) is 9.48 Å². The van der Waals surface area contributed by atoms with Crippen molar-refractivity contribution in [1.82, 2.24) is 9.78 Å². The Kier molecular flexibility index (Phi) is 3.70. The van der Waals surface area contributed by atoms with Gasteiger partial charge in [-0.2, -0.15) is 5.10 Å². The van der Waals surface area contributed by atoms with E-state index in [-0.39, 0.29) is 11.3 Å². The Morgan fingerprint density at radius 1 is 1.47 bits per heavy atom. The lowest BCUT2D eigenvalue weighted by atomic mass is 10.1. The lowest BCUT2D eigenvalue weighted by Gasteiger charge is -2.08. The number of primary amides is 1. The lowest BCUT2D eigenvalue weighted by molar-refractivity contribution is 0.100. The van der Waals surface area contributed by atoms with Crippen LogP contribution in [0.2, 0.25) is 0 Å². The summed E-state index contributed by atoms with van der Waals surface area (Å²) in [4.78, 5) is 11.2. The fraction of sp³-hybridized carbons (Fsp3) is 0.231. The summed E-state index contributed by atoms with van der Waals surface area (Å²) in [5.74, 6) is 0.388. The zero-order valence-electron chi connectivity index (χ0n) is 10.7. The van der Waals surface area contributed by atoms with E-state index < -0.39 is 5.91 Å². The van der Waals surface area contributed by atoms with Gasteiger partial charge in [-0.15, -0.1) is 0 Å². The predicted octanol–water partition coefficient (Wildman–Crippen LogP) is 1.77. The summed E-state index contributed by atoms with van der Waals surface area (Å²) in [6.45, 7) is 2.89. The molecule has 19 heavy (non-hydrogen) atoms. The summed E-state index contributed by atoms with van der Waals surface area (Å²) in [6, 6.07) is 4.91. The van der Waals surface area contributed by atoms with Crippen LogP contribution in [0.4, 0.5) is 5.69 Å². The van der Waals surface area contributed by atoms with Gasteiger partial charge in [-0.1, -0.05) is 13.0 Å². The van der Waals surface area contributed by atoms with E-state index in [1.54, 1.807) is 35.3 Å². The largest absolute Gasteiger partial charge is 0.452 e. The highest BCUT2D eigenvalue weighted by Crippen LogP contribution is 2.29. The van der Waals surface area contributed by atoms with Gasteiger partial charge in [0.25, 0.3) is 5.91 Å². The predicted molar refractivity (Wildman–Crippen MR) is 72.0 cm³/mol. The van der Waals surface area contributed by atoms with Crippen LogP contribution in [-0.4, -0.2) is 15.7 Å². The first kappa shape index (κ1) is 12.9. The van der Waals surface area contributed by atoms with Crippen molar-refractivity contribution < 1.29 is 9.53 Å². The lowest BCUT2D eigenvalue weighted by Crippen LogP contribution is -2.13. The van der Waals surface area contributed by atoms with Crippen LogP contribution >= 0.6 is 0 Å². The number of carbonyl (C=O) groups is 1. The Labute approximate surface area is 111 Å². The standard InChI is InChI=1S/C13H16N4O2/c1-2-6-17-8-9(7-16-17)19-11-5-3-4-10(12(11)14)13(15)18/h3-5,7-8H,2,6,14H2,1H3,(H2,15,18). The summed E-state index contributed by atoms with van der Waals surface area (Å²) in [5.41, 5.74) is 11.6. The third kappa shape index (κ3) is 2.85. The highest BCUT2D eigenvalue weighted by molar-refractivity contribution is 5.99. The molecule has 0 saturated heterocycles. The molecule has 0 radical (unpaired) electrons. The Bertz CT molecular complexity index is 592. The zero-order valence-corrected chi connectivity index (χ0v) is 10.7. The van der Waals surface area contributed by atoms with Gasteiger partial charge in [0.15, 0.2) is 11.5 Å². The van der Waals surface area contributed by atoms with Crippen molar-refractivity contribution >= 4 is 11.6 Å². The second-order valence-corrected chi connectivity index (χ2v) is 4.12. The number of anilines is 1. The van der Waals surface area contributed by atoms with E-state index in [4.69, 9.17) is 16.2 Å². The topological polar surface area (TPSA) is 96.2 Å². The number of hydrogen-bond acceptors (Lipinski definition) is 4. The highest BCUT2D eigenvalue weighted by Gasteiger charge is 2.11. The van der Waals surface area contributed by atoms with Gasteiger partial charge in [0.2, 0.25) is 0 Å². The fourth-order valence-corrected chi connectivity index (χ4v) is 1.72. The zero-order chi connectivity index (χ0) is 13.8. The van der Waals surface area contributed by atoms with Crippen LogP contribution in [0.25, 0.3) is 0 Å². The molecule has 1 heterocycles. The van der Waals surface area contributed by atoms with Crippen molar-refractivity contribution in [3.05, 3.63) is 36.2 Å². The number of benzene rings is 1. The number of aryl methyl sites for hydroxylation is 1. The molecule has 6 heteroatoms. The molecule has 4 N–H and O–H groups in total. The van der Waals surface area contributed by atoms with Crippen LogP contribution in [-0.2, 0) is 6.54 Å². The number of nitrogens with zero attached hydrogens (tertiary/aromatic N) is 2. The maximum Gasteiger partial charge on any atom is 0.250 e. The molecule has 0 saturated carbocycles. The van der Waals surface area contributed by atoms with Crippen molar-refractivity contribution in [2.45, 2.75) is 19.9 Å². The van der Waals surface area contributed by atoms with Crippen LogP contribution in [0.1, 0.15) is 23.7 Å². The molecule has 0 spiro atoms. The van der Waals surface area contributed by atoms with Gasteiger partial charge < -0.3 is 16.2 Å². The molecule has 100 valence electrons. The van der Waals surface area contributed by atoms with Crippen molar-refractivity contribution in [2.24, 2.45) is 5.73 Å². The number of carbonyl (C=O) groups excluding carboxylic acids is 1.